The van der Waals surface area contributed by atoms with Gasteiger partial charge in [0.15, 0.2) is 0 Å². The molecule has 1 rings (SSSR count). The van der Waals surface area contributed by atoms with Crippen molar-refractivity contribution < 1.29 is 4.74 Å². The van der Waals surface area contributed by atoms with Crippen molar-refractivity contribution in [2.75, 3.05) is 0 Å². The lowest BCUT2D eigenvalue weighted by molar-refractivity contribution is 0.0419. The van der Waals surface area contributed by atoms with Crippen molar-refractivity contribution in [3.63, 3.8) is 0 Å². The van der Waals surface area contributed by atoms with Gasteiger partial charge in [0.05, 0.1) is 18.1 Å². The van der Waals surface area contributed by atoms with Gasteiger partial charge < -0.3 is 4.74 Å². The third kappa shape index (κ3) is 1.41. The molecular formula is C10H16O. The molecule has 1 aliphatic rings. The molecule has 1 heteroatoms. The van der Waals surface area contributed by atoms with Crippen molar-refractivity contribution in [1.82, 2.24) is 0 Å². The van der Waals surface area contributed by atoms with E-state index < -0.39 is 0 Å². The van der Waals surface area contributed by atoms with Gasteiger partial charge in [0, 0.05) is 0 Å². The maximum Gasteiger partial charge on any atom is 0.0717 e. The molecule has 62 valence electrons. The van der Waals surface area contributed by atoms with E-state index in [9.17, 15) is 0 Å². The minimum atomic E-state index is 0.296. The summed E-state index contributed by atoms with van der Waals surface area (Å²) in [6, 6.07) is 0. The van der Waals surface area contributed by atoms with Gasteiger partial charge in [-0.3, -0.25) is 0 Å². The van der Waals surface area contributed by atoms with Gasteiger partial charge in [-0.25, -0.2) is 0 Å². The second kappa shape index (κ2) is 3.28. The highest BCUT2D eigenvalue weighted by Gasteiger charge is 2.36. The first-order valence-electron chi connectivity index (χ1n) is 4.32. The largest absolute Gasteiger partial charge is 0.374 e. The molecule has 0 aliphatic carbocycles. The second-order valence-corrected chi connectivity index (χ2v) is 3.34. The normalized spacial score (nSPS) is 43.8. The summed E-state index contributed by atoms with van der Waals surface area (Å²) in [5.74, 6) is 3.67. The minimum absolute atomic E-state index is 0.296. The molecule has 0 saturated carbocycles. The van der Waals surface area contributed by atoms with Crippen LogP contribution in [-0.2, 0) is 4.74 Å². The van der Waals surface area contributed by atoms with Crippen LogP contribution >= 0.6 is 0 Å². The lowest BCUT2D eigenvalue weighted by Crippen LogP contribution is -2.16. The van der Waals surface area contributed by atoms with E-state index in [1.165, 1.54) is 0 Å². The van der Waals surface area contributed by atoms with E-state index in [0.717, 1.165) is 6.42 Å². The lowest BCUT2D eigenvalue weighted by Gasteiger charge is -2.12. The van der Waals surface area contributed by atoms with Crippen molar-refractivity contribution in [3.8, 4) is 12.3 Å². The summed E-state index contributed by atoms with van der Waals surface area (Å²) in [7, 11) is 0. The summed E-state index contributed by atoms with van der Waals surface area (Å²) < 4.78 is 5.68. The lowest BCUT2D eigenvalue weighted by atomic mass is 9.89. The minimum Gasteiger partial charge on any atom is -0.374 e. The Bertz CT molecular complexity index is 168. The van der Waals surface area contributed by atoms with E-state index in [-0.39, 0.29) is 0 Å². The predicted molar refractivity (Wildman–Crippen MR) is 46.1 cm³/mol. The highest BCUT2D eigenvalue weighted by atomic mass is 16.5. The van der Waals surface area contributed by atoms with Crippen molar-refractivity contribution in [3.05, 3.63) is 0 Å². The molecule has 1 heterocycles. The summed E-state index contributed by atoms with van der Waals surface area (Å²) >= 11 is 0. The van der Waals surface area contributed by atoms with E-state index in [1.54, 1.807) is 0 Å². The first kappa shape index (κ1) is 8.62. The summed E-state index contributed by atoms with van der Waals surface area (Å²) in [5, 5.41) is 0. The monoisotopic (exact) mass is 152 g/mol. The van der Waals surface area contributed by atoms with Crippen LogP contribution in [-0.4, -0.2) is 12.2 Å². The Balaban J connectivity index is 2.66. The van der Waals surface area contributed by atoms with E-state index in [2.05, 4.69) is 26.7 Å². The molecule has 0 amide bonds. The summed E-state index contributed by atoms with van der Waals surface area (Å²) in [6.45, 7) is 6.40. The average Bonchev–Trinajstić information content (AvgIpc) is 2.28. The Morgan fingerprint density at radius 2 is 2.09 bits per heavy atom. The topological polar surface area (TPSA) is 9.23 Å². The molecular weight excluding hydrogens is 136 g/mol. The average molecular weight is 152 g/mol. The molecule has 4 unspecified atom stereocenters. The fourth-order valence-electron chi connectivity index (χ4n) is 1.72. The molecule has 0 aromatic heterocycles. The Labute approximate surface area is 69.1 Å². The quantitative estimate of drug-likeness (QED) is 0.523. The van der Waals surface area contributed by atoms with E-state index in [1.807, 2.05) is 0 Å². The van der Waals surface area contributed by atoms with E-state index in [4.69, 9.17) is 11.2 Å². The van der Waals surface area contributed by atoms with Crippen molar-refractivity contribution >= 4 is 0 Å². The molecule has 0 bridgehead atoms. The molecule has 1 aliphatic heterocycles. The molecule has 0 aromatic rings. The van der Waals surface area contributed by atoms with Crippen LogP contribution in [0.25, 0.3) is 0 Å². The molecule has 1 nitrogen and oxygen atoms in total. The highest BCUT2D eigenvalue weighted by Crippen LogP contribution is 2.32. The van der Waals surface area contributed by atoms with Crippen molar-refractivity contribution in [2.24, 2.45) is 11.8 Å². The summed E-state index contributed by atoms with van der Waals surface area (Å²) in [6.07, 6.45) is 7.08. The van der Waals surface area contributed by atoms with Gasteiger partial charge in [-0.15, -0.1) is 12.3 Å². The number of terminal acetylenes is 1. The molecule has 0 N–H and O–H groups in total. The molecule has 0 spiro atoms. The number of ether oxygens (including phenoxy) is 1. The smallest absolute Gasteiger partial charge is 0.0717 e. The third-order valence-corrected chi connectivity index (χ3v) is 2.69. The summed E-state index contributed by atoms with van der Waals surface area (Å²) in [4.78, 5) is 0. The van der Waals surface area contributed by atoms with Crippen LogP contribution in [0.5, 0.6) is 0 Å². The van der Waals surface area contributed by atoms with Crippen molar-refractivity contribution in [1.29, 1.82) is 0 Å². The van der Waals surface area contributed by atoms with Gasteiger partial charge >= 0.3 is 0 Å². The highest BCUT2D eigenvalue weighted by molar-refractivity contribution is 5.03. The predicted octanol–water partition coefficient (Wildman–Crippen LogP) is 2.07. The van der Waals surface area contributed by atoms with Crippen LogP contribution in [0.1, 0.15) is 27.2 Å². The number of hydrogen-bond donors (Lipinski definition) is 0. The van der Waals surface area contributed by atoms with Crippen LogP contribution in [0, 0.1) is 24.2 Å². The molecule has 1 fully saturated rings. The third-order valence-electron chi connectivity index (χ3n) is 2.69. The van der Waals surface area contributed by atoms with Crippen LogP contribution in [0.3, 0.4) is 0 Å². The molecule has 11 heavy (non-hydrogen) atoms. The fraction of sp³-hybridized carbons (Fsp3) is 0.800. The second-order valence-electron chi connectivity index (χ2n) is 3.34. The molecule has 0 aromatic carbocycles. The fourth-order valence-corrected chi connectivity index (χ4v) is 1.72. The zero-order chi connectivity index (χ0) is 8.43. The molecule has 4 atom stereocenters. The zero-order valence-electron chi connectivity index (χ0n) is 7.50. The Kier molecular flexibility index (Phi) is 2.57. The van der Waals surface area contributed by atoms with Crippen molar-refractivity contribution in [2.45, 2.75) is 39.4 Å². The van der Waals surface area contributed by atoms with Crippen LogP contribution in [0.2, 0.25) is 0 Å². The Morgan fingerprint density at radius 1 is 1.45 bits per heavy atom. The molecule has 0 radical (unpaired) electrons. The van der Waals surface area contributed by atoms with Gasteiger partial charge in [0.1, 0.15) is 0 Å². The standard InChI is InChI=1S/C10H16O/c1-5-9-7(3)8(4)11-10(9)6-2/h1,7-10H,6H2,2-4H3. The van der Waals surface area contributed by atoms with E-state index >= 15 is 0 Å². The first-order valence-corrected chi connectivity index (χ1v) is 4.32. The van der Waals surface area contributed by atoms with E-state index in [0.29, 0.717) is 24.0 Å². The SMILES string of the molecule is C#CC1C(CC)OC(C)C1C. The van der Waals surface area contributed by atoms with Crippen LogP contribution in [0.4, 0.5) is 0 Å². The maximum absolute atomic E-state index is 5.68. The van der Waals surface area contributed by atoms with Gasteiger partial charge in [-0.05, 0) is 19.3 Å². The maximum atomic E-state index is 5.68. The summed E-state index contributed by atoms with van der Waals surface area (Å²) in [5.41, 5.74) is 0. The van der Waals surface area contributed by atoms with Gasteiger partial charge in [0.25, 0.3) is 0 Å². The molecule has 1 saturated heterocycles. The number of hydrogen-bond acceptors (Lipinski definition) is 1. The van der Waals surface area contributed by atoms with Crippen LogP contribution < -0.4 is 0 Å². The first-order chi connectivity index (χ1) is 5.20. The zero-order valence-corrected chi connectivity index (χ0v) is 7.50. The van der Waals surface area contributed by atoms with Crippen LogP contribution in [0.15, 0.2) is 0 Å². The van der Waals surface area contributed by atoms with Gasteiger partial charge in [-0.2, -0.15) is 0 Å². The number of rotatable bonds is 1. The van der Waals surface area contributed by atoms with Gasteiger partial charge in [-0.1, -0.05) is 13.8 Å². The Morgan fingerprint density at radius 3 is 2.45 bits per heavy atom. The van der Waals surface area contributed by atoms with Gasteiger partial charge in [0.2, 0.25) is 0 Å². The Hall–Kier alpha value is -0.480.